The average Bonchev–Trinajstić information content (AvgIpc) is 2.57. The molecule has 0 saturated heterocycles. The molecule has 1 heterocycles. The molecule has 76 valence electrons. The van der Waals surface area contributed by atoms with E-state index in [1.807, 2.05) is 10.9 Å². The van der Waals surface area contributed by atoms with E-state index in [4.69, 9.17) is 0 Å². The highest BCUT2D eigenvalue weighted by Crippen LogP contribution is 2.19. The van der Waals surface area contributed by atoms with Gasteiger partial charge in [-0.1, -0.05) is 33.4 Å². The normalized spacial score (nSPS) is 11.4. The van der Waals surface area contributed by atoms with Crippen molar-refractivity contribution in [3.05, 3.63) is 30.4 Å². The molecule has 0 N–H and O–H groups in total. The summed E-state index contributed by atoms with van der Waals surface area (Å²) in [6.45, 7) is 10.2. The third kappa shape index (κ3) is 2.13. The molecule has 2 heteroatoms. The molecule has 0 aliphatic rings. The second kappa shape index (κ2) is 4.80. The average molecular weight is 190 g/mol. The smallest absolute Gasteiger partial charge is 0.0995 e. The van der Waals surface area contributed by atoms with E-state index in [0.29, 0.717) is 5.92 Å². The topological polar surface area (TPSA) is 17.8 Å². The molecule has 1 aromatic heterocycles. The molecule has 0 unspecified atom stereocenters. The first-order valence-corrected chi connectivity index (χ1v) is 5.06. The number of allylic oxidation sites excluding steroid dienone is 1. The highest BCUT2D eigenvalue weighted by Gasteiger charge is 2.09. The Morgan fingerprint density at radius 2 is 2.29 bits per heavy atom. The molecule has 1 aromatic rings. The number of imidazole rings is 1. The number of aromatic nitrogens is 2. The minimum Gasteiger partial charge on any atom is -0.307 e. The first-order chi connectivity index (χ1) is 6.70. The fourth-order valence-corrected chi connectivity index (χ4v) is 1.38. The highest BCUT2D eigenvalue weighted by molar-refractivity contribution is 5.52. The minimum absolute atomic E-state index is 0.452. The lowest BCUT2D eigenvalue weighted by atomic mass is 10.1. The van der Waals surface area contributed by atoms with E-state index >= 15 is 0 Å². The molecule has 0 fully saturated rings. The van der Waals surface area contributed by atoms with E-state index in [1.165, 1.54) is 0 Å². The summed E-state index contributed by atoms with van der Waals surface area (Å²) in [7, 11) is 0. The monoisotopic (exact) mass is 190 g/mol. The lowest BCUT2D eigenvalue weighted by molar-refractivity contribution is 0.828. The fraction of sp³-hybridized carbons (Fsp3) is 0.417. The van der Waals surface area contributed by atoms with Gasteiger partial charge in [0.1, 0.15) is 0 Å². The molecule has 14 heavy (non-hydrogen) atoms. The van der Waals surface area contributed by atoms with E-state index < -0.39 is 0 Å². The molecule has 0 radical (unpaired) electrons. The van der Waals surface area contributed by atoms with E-state index in [-0.39, 0.29) is 0 Å². The number of rotatable bonds is 4. The van der Waals surface area contributed by atoms with Gasteiger partial charge in [0, 0.05) is 6.20 Å². The summed E-state index contributed by atoms with van der Waals surface area (Å²) < 4.78 is 1.96. The maximum Gasteiger partial charge on any atom is 0.0995 e. The molecule has 0 spiro atoms. The highest BCUT2D eigenvalue weighted by atomic mass is 15.0. The van der Waals surface area contributed by atoms with Crippen LogP contribution in [0.15, 0.2) is 19.0 Å². The number of nitrogens with zero attached hydrogens (tertiary/aromatic N) is 2. The van der Waals surface area contributed by atoms with Crippen molar-refractivity contribution in [2.75, 3.05) is 0 Å². The lowest BCUT2D eigenvalue weighted by Gasteiger charge is -2.03. The third-order valence-corrected chi connectivity index (χ3v) is 2.12. The minimum atomic E-state index is 0.452. The second-order valence-corrected chi connectivity index (χ2v) is 3.57. The van der Waals surface area contributed by atoms with Crippen LogP contribution in [0.2, 0.25) is 0 Å². The molecule has 0 atom stereocenters. The van der Waals surface area contributed by atoms with E-state index in [2.05, 4.69) is 44.5 Å². The summed E-state index contributed by atoms with van der Waals surface area (Å²) in [4.78, 5) is 4.38. The van der Waals surface area contributed by atoms with Crippen molar-refractivity contribution in [2.45, 2.75) is 33.1 Å². The van der Waals surface area contributed by atoms with Crippen molar-refractivity contribution in [1.82, 2.24) is 9.55 Å². The van der Waals surface area contributed by atoms with Crippen molar-refractivity contribution >= 4 is 12.3 Å². The zero-order chi connectivity index (χ0) is 10.6. The van der Waals surface area contributed by atoms with Crippen LogP contribution in [0.1, 0.15) is 44.5 Å². The van der Waals surface area contributed by atoms with Crippen molar-refractivity contribution in [2.24, 2.45) is 0 Å². The van der Waals surface area contributed by atoms with E-state index in [9.17, 15) is 0 Å². The number of hydrogen-bond acceptors (Lipinski definition) is 1. The van der Waals surface area contributed by atoms with Crippen LogP contribution >= 0.6 is 0 Å². The van der Waals surface area contributed by atoms with E-state index in [1.54, 1.807) is 6.20 Å². The van der Waals surface area contributed by atoms with Gasteiger partial charge in [-0.2, -0.15) is 0 Å². The zero-order valence-corrected chi connectivity index (χ0v) is 9.20. The Hall–Kier alpha value is -1.31. The predicted molar refractivity (Wildman–Crippen MR) is 62.0 cm³/mol. The summed E-state index contributed by atoms with van der Waals surface area (Å²) in [6, 6.07) is 0. The van der Waals surface area contributed by atoms with Crippen LogP contribution in [0, 0.1) is 0 Å². The van der Waals surface area contributed by atoms with Crippen LogP contribution < -0.4 is 0 Å². The standard InChI is InChI=1S/C12H18N2/c1-5-7-8-11-12(10(3)4)13-9-14(11)6-2/h6-10H,2,5H2,1,3-4H3/b8-7-. The molecule has 1 rings (SSSR count). The Morgan fingerprint density at radius 1 is 1.57 bits per heavy atom. The summed E-state index contributed by atoms with van der Waals surface area (Å²) in [5.74, 6) is 0.452. The summed E-state index contributed by atoms with van der Waals surface area (Å²) in [5.41, 5.74) is 2.28. The second-order valence-electron chi connectivity index (χ2n) is 3.57. The van der Waals surface area contributed by atoms with Gasteiger partial charge in [-0.05, 0) is 18.4 Å². The molecule has 0 amide bonds. The Morgan fingerprint density at radius 3 is 2.79 bits per heavy atom. The van der Waals surface area contributed by atoms with Crippen molar-refractivity contribution in [3.63, 3.8) is 0 Å². The van der Waals surface area contributed by atoms with Crippen LogP contribution in [-0.2, 0) is 0 Å². The SMILES string of the molecule is C=Cn1cnc(C(C)C)c1/C=C\CC. The molecule has 0 aliphatic carbocycles. The molecule has 0 aliphatic heterocycles. The molecule has 0 bridgehead atoms. The van der Waals surface area contributed by atoms with Crippen molar-refractivity contribution < 1.29 is 0 Å². The summed E-state index contributed by atoms with van der Waals surface area (Å²) in [6.07, 6.45) is 8.90. The van der Waals surface area contributed by atoms with Crippen LogP contribution in [-0.4, -0.2) is 9.55 Å². The van der Waals surface area contributed by atoms with Gasteiger partial charge in [0.15, 0.2) is 0 Å². The van der Waals surface area contributed by atoms with Gasteiger partial charge in [-0.25, -0.2) is 4.98 Å². The van der Waals surface area contributed by atoms with Gasteiger partial charge < -0.3 is 4.57 Å². The third-order valence-electron chi connectivity index (χ3n) is 2.12. The Bertz CT molecular complexity index is 332. The maximum atomic E-state index is 4.38. The Kier molecular flexibility index (Phi) is 3.69. The van der Waals surface area contributed by atoms with Gasteiger partial charge >= 0.3 is 0 Å². The quantitative estimate of drug-likeness (QED) is 0.710. The first-order valence-electron chi connectivity index (χ1n) is 5.06. The van der Waals surface area contributed by atoms with Crippen LogP contribution in [0.3, 0.4) is 0 Å². The Balaban J connectivity index is 3.12. The van der Waals surface area contributed by atoms with Gasteiger partial charge in [-0.3, -0.25) is 0 Å². The van der Waals surface area contributed by atoms with E-state index in [0.717, 1.165) is 17.8 Å². The molecule has 0 aromatic carbocycles. The molecule has 2 nitrogen and oxygen atoms in total. The fourth-order valence-electron chi connectivity index (χ4n) is 1.38. The van der Waals surface area contributed by atoms with Gasteiger partial charge in [0.2, 0.25) is 0 Å². The van der Waals surface area contributed by atoms with Crippen LogP contribution in [0.25, 0.3) is 12.3 Å². The van der Waals surface area contributed by atoms with Crippen LogP contribution in [0.5, 0.6) is 0 Å². The van der Waals surface area contributed by atoms with Gasteiger partial charge in [0.25, 0.3) is 0 Å². The van der Waals surface area contributed by atoms with Gasteiger partial charge in [-0.15, -0.1) is 0 Å². The predicted octanol–water partition coefficient (Wildman–Crippen LogP) is 3.53. The largest absolute Gasteiger partial charge is 0.307 e. The lowest BCUT2D eigenvalue weighted by Crippen LogP contribution is -1.93. The van der Waals surface area contributed by atoms with Crippen molar-refractivity contribution in [3.8, 4) is 0 Å². The van der Waals surface area contributed by atoms with Gasteiger partial charge in [0.05, 0.1) is 17.7 Å². The first kappa shape index (κ1) is 10.8. The molecule has 0 saturated carbocycles. The zero-order valence-electron chi connectivity index (χ0n) is 9.20. The summed E-state index contributed by atoms with van der Waals surface area (Å²) in [5, 5.41) is 0. The maximum absolute atomic E-state index is 4.38. The van der Waals surface area contributed by atoms with Crippen LogP contribution in [0.4, 0.5) is 0 Å². The summed E-state index contributed by atoms with van der Waals surface area (Å²) >= 11 is 0. The van der Waals surface area contributed by atoms with Crippen molar-refractivity contribution in [1.29, 1.82) is 0 Å². The molecular weight excluding hydrogens is 172 g/mol. The number of hydrogen-bond donors (Lipinski definition) is 0. The molecular formula is C12H18N2. The Labute approximate surface area is 86.0 Å².